The molecule has 0 spiro atoms. The van der Waals surface area contributed by atoms with Crippen LogP contribution in [-0.4, -0.2) is 24.7 Å². The van der Waals surface area contributed by atoms with Crippen molar-refractivity contribution in [3.8, 4) is 11.4 Å². The first kappa shape index (κ1) is 16.7. The van der Waals surface area contributed by atoms with E-state index in [1.54, 1.807) is 30.3 Å². The van der Waals surface area contributed by atoms with Crippen LogP contribution >= 0.6 is 0 Å². The number of nitrogens with zero attached hydrogens (tertiary/aromatic N) is 5. The Morgan fingerprint density at radius 2 is 2.15 bits per heavy atom. The molecule has 4 rings (SSSR count). The summed E-state index contributed by atoms with van der Waals surface area (Å²) in [5.74, 6) is 6.76. The number of fused-ring (bicyclic) bond motifs is 1. The zero-order chi connectivity index (χ0) is 19.0. The third kappa shape index (κ3) is 3.23. The van der Waals surface area contributed by atoms with Crippen LogP contribution in [0.3, 0.4) is 0 Å². The molecule has 0 saturated heterocycles. The van der Waals surface area contributed by atoms with Crippen LogP contribution in [0.4, 0.5) is 11.5 Å². The maximum Gasteiger partial charge on any atom is 0.276 e. The van der Waals surface area contributed by atoms with Gasteiger partial charge in [-0.15, -0.1) is 0 Å². The molecule has 0 atom stereocenters. The Morgan fingerprint density at radius 3 is 2.93 bits per heavy atom. The first-order chi connectivity index (χ1) is 13.0. The highest BCUT2D eigenvalue weighted by atomic mass is 16.1. The van der Waals surface area contributed by atoms with E-state index in [4.69, 9.17) is 11.6 Å². The molecule has 3 aromatic heterocycles. The predicted octanol–water partition coefficient (Wildman–Crippen LogP) is 1.18. The number of aromatic nitrogens is 5. The molecule has 3 heterocycles. The maximum absolute atomic E-state index is 12.2. The van der Waals surface area contributed by atoms with E-state index in [9.17, 15) is 4.79 Å². The summed E-state index contributed by atoms with van der Waals surface area (Å²) in [5.41, 5.74) is 7.95. The number of aromatic amines is 1. The van der Waals surface area contributed by atoms with Crippen LogP contribution in [0.1, 0.15) is 5.56 Å². The number of hydrogen-bond donors (Lipinski definition) is 3. The third-order valence-electron chi connectivity index (χ3n) is 4.21. The number of H-pyrrole nitrogens is 1. The molecule has 136 valence electrons. The molecule has 1 aromatic carbocycles. The molecule has 0 aliphatic carbocycles. The van der Waals surface area contributed by atoms with Gasteiger partial charge in [0.15, 0.2) is 5.82 Å². The van der Waals surface area contributed by atoms with Crippen LogP contribution in [-0.2, 0) is 13.6 Å². The number of hydrazine groups is 1. The lowest BCUT2D eigenvalue weighted by Gasteiger charge is -2.19. The number of nitrogens with one attached hydrogen (secondary N) is 1. The molecule has 9 heteroatoms. The summed E-state index contributed by atoms with van der Waals surface area (Å²) in [6.07, 6.45) is 5.10. The smallest absolute Gasteiger partial charge is 0.276 e. The topological polar surface area (TPSA) is 132 Å². The van der Waals surface area contributed by atoms with Gasteiger partial charge in [-0.1, -0.05) is 12.1 Å². The summed E-state index contributed by atoms with van der Waals surface area (Å²) in [6, 6.07) is 9.71. The highest BCUT2D eigenvalue weighted by molar-refractivity contribution is 5.79. The molecular weight excluding hydrogens is 344 g/mol. The molecule has 0 radical (unpaired) electrons. The largest absolute Gasteiger partial charge is 0.391 e. The molecule has 0 bridgehead atoms. The fourth-order valence-corrected chi connectivity index (χ4v) is 2.86. The van der Waals surface area contributed by atoms with Crippen molar-refractivity contribution in [3.05, 3.63) is 64.8 Å². The molecule has 0 saturated carbocycles. The van der Waals surface area contributed by atoms with Gasteiger partial charge >= 0.3 is 0 Å². The molecule has 27 heavy (non-hydrogen) atoms. The van der Waals surface area contributed by atoms with Gasteiger partial charge < -0.3 is 10.7 Å². The number of aryl methyl sites for hydroxylation is 1. The predicted molar refractivity (Wildman–Crippen MR) is 104 cm³/mol. The van der Waals surface area contributed by atoms with Crippen LogP contribution in [0.2, 0.25) is 0 Å². The maximum atomic E-state index is 12.2. The minimum atomic E-state index is -0.447. The number of pyridine rings is 1. The van der Waals surface area contributed by atoms with Gasteiger partial charge in [0, 0.05) is 24.8 Å². The van der Waals surface area contributed by atoms with Crippen LogP contribution in [0, 0.1) is 0 Å². The molecule has 4 aromatic rings. The Bertz CT molecular complexity index is 1180. The minimum absolute atomic E-state index is 0.0346. The zero-order valence-electron chi connectivity index (χ0n) is 14.6. The Morgan fingerprint density at radius 1 is 1.30 bits per heavy atom. The lowest BCUT2D eigenvalue weighted by molar-refractivity contribution is 0.768. The van der Waals surface area contributed by atoms with Gasteiger partial charge in [0.2, 0.25) is 0 Å². The first-order valence-electron chi connectivity index (χ1n) is 8.26. The molecule has 0 aliphatic rings. The van der Waals surface area contributed by atoms with Gasteiger partial charge in [-0.2, -0.15) is 5.10 Å². The molecule has 0 unspecified atom stereocenters. The van der Waals surface area contributed by atoms with Gasteiger partial charge in [-0.25, -0.2) is 10.8 Å². The van der Waals surface area contributed by atoms with E-state index >= 15 is 0 Å². The summed E-state index contributed by atoms with van der Waals surface area (Å²) in [6.45, 7) is 0.331. The van der Waals surface area contributed by atoms with Gasteiger partial charge in [0.1, 0.15) is 11.5 Å². The first-order valence-corrected chi connectivity index (χ1v) is 8.26. The van der Waals surface area contributed by atoms with Crippen LogP contribution < -0.4 is 22.1 Å². The minimum Gasteiger partial charge on any atom is -0.391 e. The van der Waals surface area contributed by atoms with Crippen LogP contribution in [0.25, 0.3) is 22.3 Å². The van der Waals surface area contributed by atoms with Crippen molar-refractivity contribution in [2.24, 2.45) is 12.9 Å². The summed E-state index contributed by atoms with van der Waals surface area (Å²) in [4.78, 5) is 23.6. The Labute approximate surface area is 154 Å². The number of nitrogens with two attached hydrogens (primary N) is 2. The fraction of sp³-hybridized carbons (Fsp3) is 0.111. The van der Waals surface area contributed by atoms with E-state index in [1.807, 2.05) is 30.3 Å². The number of benzene rings is 1. The number of nitrogen functional groups attached to an aromatic ring is 1. The summed E-state index contributed by atoms with van der Waals surface area (Å²) < 4.78 is 1.62. The van der Waals surface area contributed by atoms with Gasteiger partial charge in [0.05, 0.1) is 23.8 Å². The normalized spacial score (nSPS) is 11.0. The van der Waals surface area contributed by atoms with Crippen LogP contribution in [0.15, 0.2) is 53.7 Å². The van der Waals surface area contributed by atoms with E-state index in [2.05, 4.69) is 20.1 Å². The molecule has 9 nitrogen and oxygen atoms in total. The van der Waals surface area contributed by atoms with Crippen molar-refractivity contribution < 1.29 is 0 Å². The van der Waals surface area contributed by atoms with Crippen molar-refractivity contribution in [3.63, 3.8) is 0 Å². The molecule has 0 amide bonds. The SMILES string of the molecule is Cn1cc(-c2nc(N(N)Cc3ccc4ncccc4c3)c(N)c(=O)[nH]2)cn1. The van der Waals surface area contributed by atoms with Crippen molar-refractivity contribution in [2.45, 2.75) is 6.54 Å². The second-order valence-electron chi connectivity index (χ2n) is 6.21. The molecule has 0 aliphatic heterocycles. The van der Waals surface area contributed by atoms with Crippen molar-refractivity contribution in [1.82, 2.24) is 24.7 Å². The summed E-state index contributed by atoms with van der Waals surface area (Å²) in [5, 5.41) is 6.46. The lowest BCUT2D eigenvalue weighted by Crippen LogP contribution is -2.34. The Kier molecular flexibility index (Phi) is 4.05. The van der Waals surface area contributed by atoms with E-state index in [0.717, 1.165) is 16.5 Å². The quantitative estimate of drug-likeness (QED) is 0.367. The van der Waals surface area contributed by atoms with E-state index in [1.165, 1.54) is 5.01 Å². The number of rotatable bonds is 4. The highest BCUT2D eigenvalue weighted by Crippen LogP contribution is 2.21. The second-order valence-corrected chi connectivity index (χ2v) is 6.21. The fourth-order valence-electron chi connectivity index (χ4n) is 2.86. The van der Waals surface area contributed by atoms with E-state index in [-0.39, 0.29) is 11.5 Å². The van der Waals surface area contributed by atoms with Crippen molar-refractivity contribution in [2.75, 3.05) is 10.7 Å². The average Bonchev–Trinajstić information content (AvgIpc) is 3.10. The zero-order valence-corrected chi connectivity index (χ0v) is 14.6. The monoisotopic (exact) mass is 362 g/mol. The van der Waals surface area contributed by atoms with Gasteiger partial charge in [-0.3, -0.25) is 19.5 Å². The standard InChI is InChI=1S/C18H18N8O/c1-25-10-13(8-22-25)16-23-17(15(19)18(27)24-16)26(20)9-11-4-5-14-12(7-11)3-2-6-21-14/h2-8,10H,9,19-20H2,1H3,(H,23,24,27). The van der Waals surface area contributed by atoms with Crippen molar-refractivity contribution >= 4 is 22.4 Å². The molecule has 0 fully saturated rings. The van der Waals surface area contributed by atoms with Gasteiger partial charge in [0.25, 0.3) is 5.56 Å². The molecule has 5 N–H and O–H groups in total. The summed E-state index contributed by atoms with van der Waals surface area (Å²) >= 11 is 0. The third-order valence-corrected chi connectivity index (χ3v) is 4.21. The van der Waals surface area contributed by atoms with E-state index in [0.29, 0.717) is 17.9 Å². The van der Waals surface area contributed by atoms with E-state index < -0.39 is 5.56 Å². The lowest BCUT2D eigenvalue weighted by atomic mass is 10.1. The Balaban J connectivity index is 1.68. The number of hydrogen-bond acceptors (Lipinski definition) is 7. The second kappa shape index (κ2) is 6.54. The van der Waals surface area contributed by atoms with Gasteiger partial charge in [-0.05, 0) is 23.8 Å². The highest BCUT2D eigenvalue weighted by Gasteiger charge is 2.15. The molecular formula is C18H18N8O. The number of anilines is 2. The Hall–Kier alpha value is -3.72. The average molecular weight is 362 g/mol. The summed E-state index contributed by atoms with van der Waals surface area (Å²) in [7, 11) is 1.78. The van der Waals surface area contributed by atoms with Crippen molar-refractivity contribution in [1.29, 1.82) is 0 Å². The van der Waals surface area contributed by atoms with Crippen LogP contribution in [0.5, 0.6) is 0 Å².